The van der Waals surface area contributed by atoms with E-state index in [-0.39, 0.29) is 5.97 Å². The molecule has 0 aliphatic carbocycles. The molecule has 0 radical (unpaired) electrons. The normalized spacial score (nSPS) is 12.4. The highest BCUT2D eigenvalue weighted by Gasteiger charge is 2.19. The van der Waals surface area contributed by atoms with Crippen LogP contribution in [0.5, 0.6) is 0 Å². The van der Waals surface area contributed by atoms with Gasteiger partial charge >= 0.3 is 5.97 Å². The molecular weight excluding hydrogens is 316 g/mol. The van der Waals surface area contributed by atoms with E-state index in [0.717, 1.165) is 68.5 Å². The van der Waals surface area contributed by atoms with Gasteiger partial charge in [0, 0.05) is 12.8 Å². The number of hydrogen-bond acceptors (Lipinski definition) is 4. The van der Waals surface area contributed by atoms with Gasteiger partial charge < -0.3 is 14.3 Å². The van der Waals surface area contributed by atoms with Crippen molar-refractivity contribution >= 4 is 5.97 Å². The maximum Gasteiger partial charge on any atom is 0.305 e. The second-order valence-electron chi connectivity index (χ2n) is 6.99. The van der Waals surface area contributed by atoms with Crippen LogP contribution < -0.4 is 0 Å². The molecule has 25 heavy (non-hydrogen) atoms. The predicted molar refractivity (Wildman–Crippen MR) is 101 cm³/mol. The van der Waals surface area contributed by atoms with E-state index in [9.17, 15) is 9.90 Å². The largest absolute Gasteiger partial charge is 0.469 e. The van der Waals surface area contributed by atoms with Gasteiger partial charge in [0.25, 0.3) is 0 Å². The summed E-state index contributed by atoms with van der Waals surface area (Å²) in [4.78, 5) is 11.0. The minimum absolute atomic E-state index is 0.131. The lowest BCUT2D eigenvalue weighted by Crippen LogP contribution is -1.99. The molecule has 0 aliphatic rings. The predicted octanol–water partition coefficient (Wildman–Crippen LogP) is 5.57. The van der Waals surface area contributed by atoms with Crippen molar-refractivity contribution in [2.75, 3.05) is 7.11 Å². The van der Waals surface area contributed by atoms with E-state index in [0.29, 0.717) is 6.42 Å². The Bertz CT molecular complexity index is 504. The van der Waals surface area contributed by atoms with Crippen molar-refractivity contribution in [1.29, 1.82) is 0 Å². The quantitative estimate of drug-likeness (QED) is 0.372. The zero-order chi connectivity index (χ0) is 18.7. The third kappa shape index (κ3) is 7.64. The van der Waals surface area contributed by atoms with Crippen LogP contribution in [0.2, 0.25) is 0 Å². The number of esters is 1. The van der Waals surface area contributed by atoms with E-state index in [2.05, 4.69) is 18.6 Å². The van der Waals surface area contributed by atoms with Crippen molar-refractivity contribution in [3.05, 3.63) is 22.6 Å². The van der Waals surface area contributed by atoms with Gasteiger partial charge in [0.15, 0.2) is 0 Å². The second-order valence-corrected chi connectivity index (χ2v) is 6.99. The third-order valence-corrected chi connectivity index (χ3v) is 4.98. The van der Waals surface area contributed by atoms with E-state index in [1.54, 1.807) is 0 Å². The number of methoxy groups -OCH3 is 1. The van der Waals surface area contributed by atoms with Crippen molar-refractivity contribution in [3.63, 3.8) is 0 Å². The topological polar surface area (TPSA) is 59.7 Å². The van der Waals surface area contributed by atoms with Crippen LogP contribution in [-0.4, -0.2) is 18.2 Å². The van der Waals surface area contributed by atoms with Gasteiger partial charge in [-0.3, -0.25) is 4.79 Å². The molecule has 0 saturated carbocycles. The molecule has 0 saturated heterocycles. The minimum Gasteiger partial charge on any atom is -0.469 e. The number of hydrogen-bond donors (Lipinski definition) is 1. The van der Waals surface area contributed by atoms with Gasteiger partial charge in [-0.25, -0.2) is 0 Å². The number of aryl methyl sites for hydroxylation is 1. The zero-order valence-corrected chi connectivity index (χ0v) is 16.5. The first-order valence-corrected chi connectivity index (χ1v) is 9.84. The molecule has 1 rings (SSSR count). The molecule has 4 heteroatoms. The molecule has 0 fully saturated rings. The van der Waals surface area contributed by atoms with E-state index >= 15 is 0 Å². The summed E-state index contributed by atoms with van der Waals surface area (Å²) in [6.07, 6.45) is 10.3. The summed E-state index contributed by atoms with van der Waals surface area (Å²) in [6, 6.07) is 0. The summed E-state index contributed by atoms with van der Waals surface area (Å²) < 4.78 is 10.6. The summed E-state index contributed by atoms with van der Waals surface area (Å²) in [5.74, 6) is 1.67. The number of unbranched alkanes of at least 4 members (excludes halogenated alkanes) is 6. The van der Waals surface area contributed by atoms with Crippen LogP contribution in [0, 0.1) is 13.8 Å². The lowest BCUT2D eigenvalue weighted by atomic mass is 10.0. The zero-order valence-electron chi connectivity index (χ0n) is 16.5. The van der Waals surface area contributed by atoms with Crippen molar-refractivity contribution < 1.29 is 19.1 Å². The molecule has 1 atom stereocenters. The fourth-order valence-corrected chi connectivity index (χ4v) is 3.14. The molecule has 1 aromatic rings. The number of furan rings is 1. The molecule has 0 amide bonds. The lowest BCUT2D eigenvalue weighted by molar-refractivity contribution is -0.140. The lowest BCUT2D eigenvalue weighted by Gasteiger charge is -2.09. The summed E-state index contributed by atoms with van der Waals surface area (Å²) >= 11 is 0. The second kappa shape index (κ2) is 12.1. The van der Waals surface area contributed by atoms with Crippen LogP contribution in [0.3, 0.4) is 0 Å². The molecule has 4 nitrogen and oxygen atoms in total. The number of aliphatic hydroxyl groups excluding tert-OH is 1. The van der Waals surface area contributed by atoms with Gasteiger partial charge in [-0.05, 0) is 44.2 Å². The standard InChI is InChI=1S/C21H36O4/c1-5-6-10-14-19-16(2)17(3)21(25-19)18(22)13-11-8-7-9-12-15-20(23)24-4/h18,22H,5-15H2,1-4H3. The number of ether oxygens (including phenoxy) is 1. The van der Waals surface area contributed by atoms with Gasteiger partial charge in [-0.2, -0.15) is 0 Å². The minimum atomic E-state index is -0.506. The Morgan fingerprint density at radius 1 is 1.04 bits per heavy atom. The summed E-state index contributed by atoms with van der Waals surface area (Å²) in [5.41, 5.74) is 2.31. The van der Waals surface area contributed by atoms with Crippen molar-refractivity contribution in [2.45, 2.75) is 97.5 Å². The van der Waals surface area contributed by atoms with Crippen LogP contribution in [0.4, 0.5) is 0 Å². The van der Waals surface area contributed by atoms with E-state index in [1.807, 2.05) is 6.92 Å². The van der Waals surface area contributed by atoms with Gasteiger partial charge in [0.1, 0.15) is 17.6 Å². The highest BCUT2D eigenvalue weighted by molar-refractivity contribution is 5.68. The average molecular weight is 353 g/mol. The van der Waals surface area contributed by atoms with Crippen LogP contribution >= 0.6 is 0 Å². The van der Waals surface area contributed by atoms with E-state index < -0.39 is 6.10 Å². The fourth-order valence-electron chi connectivity index (χ4n) is 3.14. The molecule has 1 aromatic heterocycles. The smallest absolute Gasteiger partial charge is 0.305 e. The first-order chi connectivity index (χ1) is 12.0. The Morgan fingerprint density at radius 2 is 1.72 bits per heavy atom. The average Bonchev–Trinajstić information content (AvgIpc) is 2.89. The Balaban J connectivity index is 2.31. The number of rotatable bonds is 13. The monoisotopic (exact) mass is 352 g/mol. The van der Waals surface area contributed by atoms with Crippen molar-refractivity contribution in [2.24, 2.45) is 0 Å². The molecular formula is C21H36O4. The fraction of sp³-hybridized carbons (Fsp3) is 0.762. The molecule has 144 valence electrons. The van der Waals surface area contributed by atoms with E-state index in [4.69, 9.17) is 4.42 Å². The first kappa shape index (κ1) is 21.8. The highest BCUT2D eigenvalue weighted by Crippen LogP contribution is 2.30. The SMILES string of the molecule is CCCCCc1oc(C(O)CCCCCCCC(=O)OC)c(C)c1C. The number of carbonyl (C=O) groups is 1. The van der Waals surface area contributed by atoms with Crippen LogP contribution in [0.1, 0.15) is 99.9 Å². The van der Waals surface area contributed by atoms with Crippen molar-refractivity contribution in [1.82, 2.24) is 0 Å². The maximum absolute atomic E-state index is 11.0. The van der Waals surface area contributed by atoms with Gasteiger partial charge in [0.2, 0.25) is 0 Å². The van der Waals surface area contributed by atoms with Crippen LogP contribution in [-0.2, 0) is 16.0 Å². The molecule has 0 bridgehead atoms. The Hall–Kier alpha value is -1.29. The molecule has 1 N–H and O–H groups in total. The van der Waals surface area contributed by atoms with Gasteiger partial charge in [0.05, 0.1) is 7.11 Å². The van der Waals surface area contributed by atoms with Crippen LogP contribution in [0.15, 0.2) is 4.42 Å². The maximum atomic E-state index is 11.0. The highest BCUT2D eigenvalue weighted by atomic mass is 16.5. The summed E-state index contributed by atoms with van der Waals surface area (Å²) in [5, 5.41) is 10.5. The summed E-state index contributed by atoms with van der Waals surface area (Å²) in [7, 11) is 1.43. The molecule has 0 spiro atoms. The molecule has 1 unspecified atom stereocenters. The van der Waals surface area contributed by atoms with Crippen molar-refractivity contribution in [3.8, 4) is 0 Å². The van der Waals surface area contributed by atoms with E-state index in [1.165, 1.54) is 25.5 Å². The van der Waals surface area contributed by atoms with Gasteiger partial charge in [-0.1, -0.05) is 45.4 Å². The third-order valence-electron chi connectivity index (χ3n) is 4.98. The number of aliphatic hydroxyl groups is 1. The molecule has 1 heterocycles. The Labute approximate surface area is 152 Å². The van der Waals surface area contributed by atoms with Gasteiger partial charge in [-0.15, -0.1) is 0 Å². The Kier molecular flexibility index (Phi) is 10.6. The first-order valence-electron chi connectivity index (χ1n) is 9.84. The van der Waals surface area contributed by atoms with Crippen LogP contribution in [0.25, 0.3) is 0 Å². The Morgan fingerprint density at radius 3 is 2.40 bits per heavy atom. The molecule has 0 aromatic carbocycles. The molecule has 0 aliphatic heterocycles. The summed E-state index contributed by atoms with van der Waals surface area (Å²) in [6.45, 7) is 6.34. The number of carbonyl (C=O) groups excluding carboxylic acids is 1.